The molecule has 208 valence electrons. The van der Waals surface area contributed by atoms with Crippen molar-refractivity contribution in [1.82, 2.24) is 0 Å². The average molecular weight is 514 g/mol. The van der Waals surface area contributed by atoms with Crippen LogP contribution in [-0.2, 0) is 14.1 Å². The van der Waals surface area contributed by atoms with Gasteiger partial charge >= 0.3 is 0 Å². The van der Waals surface area contributed by atoms with Gasteiger partial charge in [-0.2, -0.15) is 0 Å². The zero-order chi connectivity index (χ0) is 26.0. The van der Waals surface area contributed by atoms with Crippen LogP contribution in [0.2, 0.25) is 0 Å². The van der Waals surface area contributed by atoms with E-state index < -0.39 is 5.54 Å². The maximum absolute atomic E-state index is 12.8. The van der Waals surface area contributed by atoms with E-state index >= 15 is 0 Å². The monoisotopic (exact) mass is 513 g/mol. The fraction of sp³-hybridized carbons (Fsp3) is 0.933. The van der Waals surface area contributed by atoms with Crippen molar-refractivity contribution in [2.75, 3.05) is 6.61 Å². The van der Waals surface area contributed by atoms with Gasteiger partial charge in [-0.1, -0.05) is 142 Å². The summed E-state index contributed by atoms with van der Waals surface area (Å²) < 4.78 is 5.11. The van der Waals surface area contributed by atoms with Crippen LogP contribution in [0.3, 0.4) is 0 Å². The molecule has 0 aliphatic rings. The van der Waals surface area contributed by atoms with E-state index in [-0.39, 0.29) is 18.2 Å². The molecule has 0 aromatic carbocycles. The van der Waals surface area contributed by atoms with E-state index in [0.717, 1.165) is 38.5 Å². The van der Waals surface area contributed by atoms with Gasteiger partial charge in [-0.05, 0) is 12.8 Å². The number of hydrogen-bond donors (Lipinski definition) is 1. The minimum absolute atomic E-state index is 0.0363. The SMILES string of the molecule is CCCCCCCCCCCCCC(=O)C(N)(COP)C(=O)CCCCCCCCCCCCC. The van der Waals surface area contributed by atoms with Crippen LogP contribution >= 0.6 is 9.47 Å². The molecule has 0 rings (SSSR count). The molecule has 0 radical (unpaired) electrons. The van der Waals surface area contributed by atoms with Crippen LogP contribution < -0.4 is 5.73 Å². The largest absolute Gasteiger partial charge is 0.363 e. The van der Waals surface area contributed by atoms with E-state index in [1.165, 1.54) is 103 Å². The van der Waals surface area contributed by atoms with Crippen LogP contribution in [0.25, 0.3) is 0 Å². The smallest absolute Gasteiger partial charge is 0.162 e. The molecule has 0 aliphatic carbocycles. The van der Waals surface area contributed by atoms with Gasteiger partial charge in [0.05, 0.1) is 6.61 Å². The van der Waals surface area contributed by atoms with Crippen LogP contribution in [0, 0.1) is 0 Å². The standard InChI is InChI=1S/C30H60NO3P/c1-3-5-7-9-11-13-15-17-19-21-23-25-28(32)30(31,27-34-35)29(33)26-24-22-20-18-16-14-12-10-8-6-4-2/h3-27,31,35H2,1-2H3. The third-order valence-corrected chi connectivity index (χ3v) is 7.49. The maximum atomic E-state index is 12.8. The van der Waals surface area contributed by atoms with E-state index in [1.54, 1.807) is 0 Å². The maximum Gasteiger partial charge on any atom is 0.162 e. The molecule has 1 atom stereocenters. The lowest BCUT2D eigenvalue weighted by atomic mass is 9.85. The highest BCUT2D eigenvalue weighted by atomic mass is 31.0. The molecule has 35 heavy (non-hydrogen) atoms. The quantitative estimate of drug-likeness (QED) is 0.0643. The van der Waals surface area contributed by atoms with E-state index in [9.17, 15) is 9.59 Å². The van der Waals surface area contributed by atoms with E-state index in [0.29, 0.717) is 12.8 Å². The highest BCUT2D eigenvalue weighted by molar-refractivity contribution is 7.09. The first-order chi connectivity index (χ1) is 17.0. The van der Waals surface area contributed by atoms with Crippen LogP contribution in [0.15, 0.2) is 0 Å². The van der Waals surface area contributed by atoms with Gasteiger partial charge in [0.1, 0.15) is 0 Å². The minimum Gasteiger partial charge on any atom is -0.363 e. The number of carbonyl (C=O) groups excluding carboxylic acids is 2. The molecular weight excluding hydrogens is 453 g/mol. The number of rotatable bonds is 28. The molecule has 2 N–H and O–H groups in total. The molecule has 0 bridgehead atoms. The van der Waals surface area contributed by atoms with Crippen LogP contribution in [0.5, 0.6) is 0 Å². The first kappa shape index (κ1) is 34.7. The molecule has 0 saturated carbocycles. The number of nitrogens with two attached hydrogens (primary N) is 1. The Kier molecular flexibility index (Phi) is 25.1. The van der Waals surface area contributed by atoms with Crippen molar-refractivity contribution in [2.24, 2.45) is 5.73 Å². The highest BCUT2D eigenvalue weighted by Gasteiger charge is 2.40. The van der Waals surface area contributed by atoms with Gasteiger partial charge in [0, 0.05) is 22.3 Å². The van der Waals surface area contributed by atoms with Gasteiger partial charge < -0.3 is 10.3 Å². The molecule has 5 heteroatoms. The molecule has 0 aliphatic heterocycles. The van der Waals surface area contributed by atoms with Crippen LogP contribution in [0.4, 0.5) is 0 Å². The molecule has 0 aromatic rings. The highest BCUT2D eigenvalue weighted by Crippen LogP contribution is 2.19. The molecule has 0 saturated heterocycles. The number of carbonyl (C=O) groups is 2. The van der Waals surface area contributed by atoms with Gasteiger partial charge in [-0.25, -0.2) is 0 Å². The van der Waals surface area contributed by atoms with Crippen LogP contribution in [0.1, 0.15) is 168 Å². The third kappa shape index (κ3) is 19.5. The summed E-state index contributed by atoms with van der Waals surface area (Å²) >= 11 is 0. The summed E-state index contributed by atoms with van der Waals surface area (Å²) in [6.07, 6.45) is 28.0. The summed E-state index contributed by atoms with van der Waals surface area (Å²) in [5.74, 6) is -0.298. The Morgan fingerprint density at radius 2 is 0.800 bits per heavy atom. The summed E-state index contributed by atoms with van der Waals surface area (Å²) in [7, 11) is 2.14. The average Bonchev–Trinajstić information content (AvgIpc) is 2.85. The van der Waals surface area contributed by atoms with Gasteiger partial charge in [0.2, 0.25) is 0 Å². The Morgan fingerprint density at radius 3 is 1.06 bits per heavy atom. The van der Waals surface area contributed by atoms with Crippen molar-refractivity contribution < 1.29 is 14.1 Å². The van der Waals surface area contributed by atoms with Gasteiger partial charge in [0.25, 0.3) is 0 Å². The number of Topliss-reactive ketones (excluding diaryl/α,β-unsaturated/α-hetero) is 2. The molecule has 0 aromatic heterocycles. The van der Waals surface area contributed by atoms with Crippen LogP contribution in [-0.4, -0.2) is 23.7 Å². The molecule has 0 amide bonds. The molecule has 0 fully saturated rings. The van der Waals surface area contributed by atoms with Crippen molar-refractivity contribution in [2.45, 2.75) is 173 Å². The van der Waals surface area contributed by atoms with Gasteiger partial charge in [-0.3, -0.25) is 9.59 Å². The van der Waals surface area contributed by atoms with Crippen molar-refractivity contribution in [3.63, 3.8) is 0 Å². The second kappa shape index (κ2) is 25.3. The van der Waals surface area contributed by atoms with Crippen molar-refractivity contribution in [3.05, 3.63) is 0 Å². The number of unbranched alkanes of at least 4 members (excludes halogenated alkanes) is 20. The van der Waals surface area contributed by atoms with Crippen molar-refractivity contribution in [1.29, 1.82) is 0 Å². The molecule has 1 unspecified atom stereocenters. The lowest BCUT2D eigenvalue weighted by Gasteiger charge is -2.25. The topological polar surface area (TPSA) is 69.4 Å². The van der Waals surface area contributed by atoms with E-state index in [4.69, 9.17) is 10.3 Å². The Balaban J connectivity index is 3.93. The minimum atomic E-state index is -1.47. The number of hydrogen-bond acceptors (Lipinski definition) is 4. The van der Waals surface area contributed by atoms with E-state index in [2.05, 4.69) is 23.3 Å². The fourth-order valence-corrected chi connectivity index (χ4v) is 5.06. The predicted molar refractivity (Wildman–Crippen MR) is 155 cm³/mol. The van der Waals surface area contributed by atoms with Crippen molar-refractivity contribution >= 4 is 21.0 Å². The van der Waals surface area contributed by atoms with Gasteiger partial charge in [-0.15, -0.1) is 0 Å². The molecule has 0 heterocycles. The Hall–Kier alpha value is -0.310. The Bertz CT molecular complexity index is 460. The summed E-state index contributed by atoms with van der Waals surface area (Å²) in [6, 6.07) is 0. The first-order valence-electron chi connectivity index (χ1n) is 15.2. The zero-order valence-electron chi connectivity index (χ0n) is 23.6. The normalized spacial score (nSPS) is 11.8. The molecule has 0 spiro atoms. The Labute approximate surface area is 221 Å². The summed E-state index contributed by atoms with van der Waals surface area (Å²) in [6.45, 7) is 4.47. The third-order valence-electron chi connectivity index (χ3n) is 7.32. The lowest BCUT2D eigenvalue weighted by molar-refractivity contribution is -0.136. The zero-order valence-corrected chi connectivity index (χ0v) is 24.7. The molecular formula is C30H60NO3P. The second-order valence-corrected chi connectivity index (χ2v) is 11.0. The summed E-state index contributed by atoms with van der Waals surface area (Å²) in [5.41, 5.74) is 4.85. The fourth-order valence-electron chi connectivity index (χ4n) is 4.79. The predicted octanol–water partition coefficient (Wildman–Crippen LogP) is 9.03. The second-order valence-electron chi connectivity index (χ2n) is 10.7. The summed E-state index contributed by atoms with van der Waals surface area (Å²) in [5, 5.41) is 0. The first-order valence-corrected chi connectivity index (χ1v) is 15.7. The molecule has 4 nitrogen and oxygen atoms in total. The van der Waals surface area contributed by atoms with Crippen molar-refractivity contribution in [3.8, 4) is 0 Å². The van der Waals surface area contributed by atoms with Gasteiger partial charge in [0.15, 0.2) is 17.1 Å². The Morgan fingerprint density at radius 1 is 0.543 bits per heavy atom. The summed E-state index contributed by atoms with van der Waals surface area (Å²) in [4.78, 5) is 25.6. The van der Waals surface area contributed by atoms with E-state index in [1.807, 2.05) is 0 Å². The lowest BCUT2D eigenvalue weighted by Crippen LogP contribution is -2.58. The number of ketones is 2.